The van der Waals surface area contributed by atoms with Gasteiger partial charge in [-0.1, -0.05) is 43.2 Å². The van der Waals surface area contributed by atoms with E-state index in [4.69, 9.17) is 9.97 Å². The predicted molar refractivity (Wildman–Crippen MR) is 123 cm³/mol. The number of fused-ring (bicyclic) bond motifs is 1. The monoisotopic (exact) mass is 432 g/mol. The summed E-state index contributed by atoms with van der Waals surface area (Å²) in [6.45, 7) is 3.32. The molecule has 3 aliphatic rings. The molecule has 2 aromatic rings. The number of piperidine rings is 1. The summed E-state index contributed by atoms with van der Waals surface area (Å²) in [7, 11) is 0. The van der Waals surface area contributed by atoms with Crippen LogP contribution < -0.4 is 4.90 Å². The van der Waals surface area contributed by atoms with Gasteiger partial charge >= 0.3 is 0 Å². The van der Waals surface area contributed by atoms with Crippen LogP contribution in [0.3, 0.4) is 0 Å². The Morgan fingerprint density at radius 3 is 2.53 bits per heavy atom. The first-order chi connectivity index (χ1) is 15.6. The Morgan fingerprint density at radius 1 is 1.00 bits per heavy atom. The SMILES string of the molecule is Cc1nc([C@@H]2CCCCN2C(=O)C2CCCC2)nc2c1CCC(=O)N2Cc1ccccc1. The van der Waals surface area contributed by atoms with E-state index in [0.717, 1.165) is 74.1 Å². The maximum Gasteiger partial charge on any atom is 0.228 e. The van der Waals surface area contributed by atoms with Crippen molar-refractivity contribution in [2.75, 3.05) is 11.4 Å². The van der Waals surface area contributed by atoms with Gasteiger partial charge < -0.3 is 4.90 Å². The number of amides is 2. The topological polar surface area (TPSA) is 66.4 Å². The summed E-state index contributed by atoms with van der Waals surface area (Å²) in [5.41, 5.74) is 3.09. The van der Waals surface area contributed by atoms with Crippen LogP contribution in [0.1, 0.15) is 80.1 Å². The smallest absolute Gasteiger partial charge is 0.228 e. The van der Waals surface area contributed by atoms with Crippen LogP contribution in [0.4, 0.5) is 5.82 Å². The summed E-state index contributed by atoms with van der Waals surface area (Å²) >= 11 is 0. The minimum Gasteiger partial charge on any atom is -0.332 e. The molecule has 2 amide bonds. The molecule has 32 heavy (non-hydrogen) atoms. The predicted octanol–water partition coefficient (Wildman–Crippen LogP) is 4.51. The van der Waals surface area contributed by atoms with Crippen molar-refractivity contribution in [3.63, 3.8) is 0 Å². The summed E-state index contributed by atoms with van der Waals surface area (Å²) in [6, 6.07) is 9.97. The lowest BCUT2D eigenvalue weighted by molar-refractivity contribution is -0.139. The average molecular weight is 433 g/mol. The lowest BCUT2D eigenvalue weighted by atomic mass is 9.96. The molecule has 3 heterocycles. The van der Waals surface area contributed by atoms with Crippen LogP contribution in [-0.4, -0.2) is 33.2 Å². The highest BCUT2D eigenvalue weighted by Crippen LogP contribution is 2.37. The van der Waals surface area contributed by atoms with Gasteiger partial charge in [0.1, 0.15) is 5.82 Å². The highest BCUT2D eigenvalue weighted by Gasteiger charge is 2.36. The number of rotatable bonds is 4. The molecule has 0 spiro atoms. The van der Waals surface area contributed by atoms with Crippen molar-refractivity contribution in [1.82, 2.24) is 14.9 Å². The van der Waals surface area contributed by atoms with Gasteiger partial charge in [-0.3, -0.25) is 14.5 Å². The molecule has 1 saturated carbocycles. The number of nitrogens with zero attached hydrogens (tertiary/aromatic N) is 4. The summed E-state index contributed by atoms with van der Waals surface area (Å²) in [6.07, 6.45) is 8.49. The molecule has 6 heteroatoms. The maximum absolute atomic E-state index is 13.3. The summed E-state index contributed by atoms with van der Waals surface area (Å²) < 4.78 is 0. The highest BCUT2D eigenvalue weighted by molar-refractivity contribution is 5.95. The number of hydrogen-bond acceptors (Lipinski definition) is 4. The van der Waals surface area contributed by atoms with Crippen molar-refractivity contribution in [2.24, 2.45) is 5.92 Å². The van der Waals surface area contributed by atoms with E-state index in [-0.39, 0.29) is 23.8 Å². The molecule has 1 aromatic heterocycles. The van der Waals surface area contributed by atoms with E-state index in [1.165, 1.54) is 0 Å². The first-order valence-corrected chi connectivity index (χ1v) is 12.1. The molecule has 2 aliphatic heterocycles. The molecular weight excluding hydrogens is 400 g/mol. The Labute approximate surface area is 190 Å². The van der Waals surface area contributed by atoms with Crippen LogP contribution in [0.2, 0.25) is 0 Å². The molecule has 0 unspecified atom stereocenters. The summed E-state index contributed by atoms with van der Waals surface area (Å²) in [5.74, 6) is 1.99. The van der Waals surface area contributed by atoms with Gasteiger partial charge in [0, 0.05) is 30.1 Å². The van der Waals surface area contributed by atoms with Crippen LogP contribution >= 0.6 is 0 Å². The van der Waals surface area contributed by atoms with Crippen LogP contribution in [-0.2, 0) is 22.6 Å². The zero-order valence-electron chi connectivity index (χ0n) is 18.9. The van der Waals surface area contributed by atoms with Crippen molar-refractivity contribution in [1.29, 1.82) is 0 Å². The van der Waals surface area contributed by atoms with E-state index in [0.29, 0.717) is 25.2 Å². The van der Waals surface area contributed by atoms with E-state index in [1.807, 2.05) is 47.1 Å². The van der Waals surface area contributed by atoms with Crippen LogP contribution in [0.5, 0.6) is 0 Å². The average Bonchev–Trinajstić information content (AvgIpc) is 3.36. The largest absolute Gasteiger partial charge is 0.332 e. The molecular formula is C26H32N4O2. The second-order valence-corrected chi connectivity index (χ2v) is 9.46. The minimum absolute atomic E-state index is 0.0866. The molecule has 1 atom stereocenters. The molecule has 2 fully saturated rings. The standard InChI is InChI=1S/C26H32N4O2/c1-18-21-14-15-23(31)30(17-19-9-3-2-4-10-19)25(21)28-24(27-18)22-13-7-8-16-29(22)26(32)20-11-5-6-12-20/h2-4,9-10,20,22H,5-8,11-17H2,1H3/t22-/m0/s1. The van der Waals surface area contributed by atoms with E-state index in [2.05, 4.69) is 0 Å². The zero-order valence-corrected chi connectivity index (χ0v) is 18.9. The maximum atomic E-state index is 13.3. The van der Waals surface area contributed by atoms with Crippen LogP contribution in [0.15, 0.2) is 30.3 Å². The Bertz CT molecular complexity index is 1000. The van der Waals surface area contributed by atoms with Gasteiger partial charge in [-0.25, -0.2) is 9.97 Å². The normalized spacial score (nSPS) is 21.7. The van der Waals surface area contributed by atoms with Gasteiger partial charge in [0.2, 0.25) is 11.8 Å². The lowest BCUT2D eigenvalue weighted by Crippen LogP contribution is -2.43. The number of hydrogen-bond donors (Lipinski definition) is 0. The minimum atomic E-state index is -0.0866. The summed E-state index contributed by atoms with van der Waals surface area (Å²) in [4.78, 5) is 40.0. The Morgan fingerprint density at radius 2 is 1.75 bits per heavy atom. The molecule has 1 aliphatic carbocycles. The lowest BCUT2D eigenvalue weighted by Gasteiger charge is -2.37. The molecule has 0 N–H and O–H groups in total. The van der Waals surface area contributed by atoms with Crippen molar-refractivity contribution < 1.29 is 9.59 Å². The third-order valence-corrected chi connectivity index (χ3v) is 7.33. The van der Waals surface area contributed by atoms with Crippen molar-refractivity contribution in [2.45, 2.75) is 77.3 Å². The fraction of sp³-hybridized carbons (Fsp3) is 0.538. The third kappa shape index (κ3) is 4.03. The van der Waals surface area contributed by atoms with Crippen LogP contribution in [0.25, 0.3) is 0 Å². The van der Waals surface area contributed by atoms with Gasteiger partial charge in [0.15, 0.2) is 5.82 Å². The highest BCUT2D eigenvalue weighted by atomic mass is 16.2. The second-order valence-electron chi connectivity index (χ2n) is 9.46. The Balaban J connectivity index is 1.49. The molecule has 1 aromatic carbocycles. The number of likely N-dealkylation sites (tertiary alicyclic amines) is 1. The van der Waals surface area contributed by atoms with Crippen molar-refractivity contribution in [3.8, 4) is 0 Å². The fourth-order valence-electron chi connectivity index (χ4n) is 5.55. The Kier molecular flexibility index (Phi) is 5.94. The van der Waals surface area contributed by atoms with E-state index in [9.17, 15) is 9.59 Å². The second kappa shape index (κ2) is 9.00. The van der Waals surface area contributed by atoms with Crippen LogP contribution in [0, 0.1) is 12.8 Å². The van der Waals surface area contributed by atoms with Crippen molar-refractivity contribution >= 4 is 17.6 Å². The molecule has 6 nitrogen and oxygen atoms in total. The number of benzene rings is 1. The number of aromatic nitrogens is 2. The van der Waals surface area contributed by atoms with Gasteiger partial charge in [-0.2, -0.15) is 0 Å². The molecule has 0 radical (unpaired) electrons. The van der Waals surface area contributed by atoms with E-state index >= 15 is 0 Å². The van der Waals surface area contributed by atoms with E-state index in [1.54, 1.807) is 0 Å². The molecule has 5 rings (SSSR count). The first-order valence-electron chi connectivity index (χ1n) is 12.1. The quantitative estimate of drug-likeness (QED) is 0.713. The third-order valence-electron chi connectivity index (χ3n) is 7.33. The fourth-order valence-corrected chi connectivity index (χ4v) is 5.55. The van der Waals surface area contributed by atoms with Crippen molar-refractivity contribution in [3.05, 3.63) is 53.0 Å². The molecule has 0 bridgehead atoms. The summed E-state index contributed by atoms with van der Waals surface area (Å²) in [5, 5.41) is 0. The van der Waals surface area contributed by atoms with Gasteiger partial charge in [-0.15, -0.1) is 0 Å². The van der Waals surface area contributed by atoms with Gasteiger partial charge in [0.25, 0.3) is 0 Å². The zero-order chi connectivity index (χ0) is 22.1. The number of anilines is 1. The molecule has 168 valence electrons. The number of aryl methyl sites for hydroxylation is 1. The van der Waals surface area contributed by atoms with E-state index < -0.39 is 0 Å². The molecule has 1 saturated heterocycles. The first kappa shape index (κ1) is 21.1. The van der Waals surface area contributed by atoms with Gasteiger partial charge in [-0.05, 0) is 51.0 Å². The number of carbonyl (C=O) groups is 2. The Hall–Kier alpha value is -2.76. The number of carbonyl (C=O) groups excluding carboxylic acids is 2. The van der Waals surface area contributed by atoms with Gasteiger partial charge in [0.05, 0.1) is 12.6 Å².